The minimum atomic E-state index is -1.00. The van der Waals surface area contributed by atoms with Gasteiger partial charge in [0.2, 0.25) is 0 Å². The first-order chi connectivity index (χ1) is 16.2. The van der Waals surface area contributed by atoms with Crippen LogP contribution in [0, 0.1) is 11.7 Å². The maximum Gasteiger partial charge on any atom is 0.287 e. The highest BCUT2D eigenvalue weighted by molar-refractivity contribution is 6.31. The predicted molar refractivity (Wildman–Crippen MR) is 122 cm³/mol. The van der Waals surface area contributed by atoms with Crippen LogP contribution in [0.3, 0.4) is 0 Å². The molecule has 0 radical (unpaired) electrons. The van der Waals surface area contributed by atoms with E-state index < -0.39 is 23.4 Å². The molecule has 3 fully saturated rings. The van der Waals surface area contributed by atoms with Gasteiger partial charge in [-0.2, -0.15) is 0 Å². The number of aliphatic hydroxyl groups is 1. The van der Waals surface area contributed by atoms with Crippen LogP contribution in [0.15, 0.2) is 48.2 Å². The first-order valence-corrected chi connectivity index (χ1v) is 11.5. The molecular formula is C24H21Cl2FN2O5. The quantitative estimate of drug-likeness (QED) is 0.555. The molecule has 6 rings (SSSR count). The number of nitrogens with one attached hydrogen (secondary N) is 2. The Kier molecular flexibility index (Phi) is 5.91. The van der Waals surface area contributed by atoms with E-state index in [1.54, 1.807) is 18.2 Å². The van der Waals surface area contributed by atoms with Crippen molar-refractivity contribution in [2.75, 3.05) is 6.61 Å². The summed E-state index contributed by atoms with van der Waals surface area (Å²) in [7, 11) is 0. The maximum atomic E-state index is 13.5. The number of aliphatic hydroxyl groups excluding tert-OH is 1. The molecule has 2 atom stereocenters. The van der Waals surface area contributed by atoms with Crippen molar-refractivity contribution in [3.05, 3.63) is 69.7 Å². The molecule has 3 N–H and O–H groups in total. The summed E-state index contributed by atoms with van der Waals surface area (Å²) in [6.45, 7) is -0.258. The summed E-state index contributed by atoms with van der Waals surface area (Å²) in [6.07, 6.45) is 2.39. The van der Waals surface area contributed by atoms with Crippen LogP contribution in [0.4, 0.5) is 4.39 Å². The van der Waals surface area contributed by atoms with Gasteiger partial charge < -0.3 is 25.2 Å². The van der Waals surface area contributed by atoms with Crippen LogP contribution in [0.5, 0.6) is 11.5 Å². The zero-order chi connectivity index (χ0) is 24.0. The zero-order valence-corrected chi connectivity index (χ0v) is 19.3. The Balaban J connectivity index is 1.14. The molecule has 2 aromatic carbocycles. The van der Waals surface area contributed by atoms with Crippen molar-refractivity contribution < 1.29 is 28.6 Å². The molecular weight excluding hydrogens is 486 g/mol. The second-order valence-electron chi connectivity index (χ2n) is 8.91. The smallest absolute Gasteiger partial charge is 0.287 e. The minimum Gasteiger partial charge on any atom is -0.484 e. The van der Waals surface area contributed by atoms with E-state index >= 15 is 0 Å². The summed E-state index contributed by atoms with van der Waals surface area (Å²) in [5.41, 5.74) is 0.0630. The molecule has 0 aromatic heterocycles. The Labute approximate surface area is 204 Å². The van der Waals surface area contributed by atoms with E-state index in [9.17, 15) is 19.1 Å². The Morgan fingerprint density at radius 1 is 1.18 bits per heavy atom. The number of rotatable bonds is 6. The normalized spacial score (nSPS) is 26.5. The molecule has 2 aromatic rings. The summed E-state index contributed by atoms with van der Waals surface area (Å²) in [4.78, 5) is 25.2. The molecule has 2 bridgehead atoms. The van der Waals surface area contributed by atoms with E-state index in [4.69, 9.17) is 32.7 Å². The molecule has 178 valence electrons. The van der Waals surface area contributed by atoms with Gasteiger partial charge in [-0.15, -0.1) is 0 Å². The third-order valence-corrected chi connectivity index (χ3v) is 7.06. The summed E-state index contributed by atoms with van der Waals surface area (Å²) in [5, 5.41) is 16.8. The van der Waals surface area contributed by atoms with Crippen molar-refractivity contribution in [3.8, 4) is 11.5 Å². The van der Waals surface area contributed by atoms with Gasteiger partial charge in [0.1, 0.15) is 23.4 Å². The minimum absolute atomic E-state index is 0.0209. The van der Waals surface area contributed by atoms with E-state index in [0.29, 0.717) is 22.8 Å². The molecule has 3 aliphatic carbocycles. The molecule has 7 nitrogen and oxygen atoms in total. The van der Waals surface area contributed by atoms with Gasteiger partial charge in [-0.1, -0.05) is 23.2 Å². The molecule has 4 aliphatic rings. The highest BCUT2D eigenvalue weighted by Gasteiger charge is 2.57. The second-order valence-corrected chi connectivity index (χ2v) is 9.75. The highest BCUT2D eigenvalue weighted by atomic mass is 35.5. The Morgan fingerprint density at radius 2 is 1.97 bits per heavy atom. The van der Waals surface area contributed by atoms with Crippen LogP contribution in [0.25, 0.3) is 0 Å². The first-order valence-electron chi connectivity index (χ1n) is 10.8. The number of carbonyl (C=O) groups is 2. The van der Waals surface area contributed by atoms with Crippen LogP contribution in [0.1, 0.15) is 30.9 Å². The van der Waals surface area contributed by atoms with Gasteiger partial charge in [0.15, 0.2) is 12.4 Å². The van der Waals surface area contributed by atoms with Gasteiger partial charge in [-0.3, -0.25) is 9.59 Å². The lowest BCUT2D eigenvalue weighted by molar-refractivity contribution is -0.124. The van der Waals surface area contributed by atoms with Crippen LogP contribution in [-0.2, 0) is 9.59 Å². The fraction of sp³-hybridized carbons (Fsp3) is 0.333. The lowest BCUT2D eigenvalue weighted by Gasteiger charge is -2.39. The van der Waals surface area contributed by atoms with Gasteiger partial charge in [0.25, 0.3) is 11.8 Å². The fourth-order valence-corrected chi connectivity index (χ4v) is 5.22. The van der Waals surface area contributed by atoms with Crippen molar-refractivity contribution in [1.82, 2.24) is 10.6 Å². The molecule has 10 heteroatoms. The van der Waals surface area contributed by atoms with Gasteiger partial charge >= 0.3 is 0 Å². The van der Waals surface area contributed by atoms with Crippen molar-refractivity contribution in [2.45, 2.75) is 36.9 Å². The first kappa shape index (κ1) is 23.0. The highest BCUT2D eigenvalue weighted by Crippen LogP contribution is 2.52. The summed E-state index contributed by atoms with van der Waals surface area (Å²) in [6, 6.07) is 8.70. The fourth-order valence-electron chi connectivity index (χ4n) is 4.92. The molecule has 34 heavy (non-hydrogen) atoms. The molecule has 3 saturated carbocycles. The molecule has 2 amide bonds. The SMILES string of the molecule is O=C(COc1ccc(Cl)c(F)c1)NC1CC2(NC(=O)C3=CC(O)c4cc(Cl)ccc4O3)CC1C2. The molecule has 0 spiro atoms. The lowest BCUT2D eigenvalue weighted by Crippen LogP contribution is -2.52. The number of benzene rings is 2. The average molecular weight is 507 g/mol. The third-order valence-electron chi connectivity index (χ3n) is 6.52. The zero-order valence-electron chi connectivity index (χ0n) is 17.8. The Hall–Kier alpha value is -2.81. The van der Waals surface area contributed by atoms with Crippen LogP contribution in [-0.4, -0.2) is 35.1 Å². The predicted octanol–water partition coefficient (Wildman–Crippen LogP) is 3.67. The number of halogens is 3. The lowest BCUT2D eigenvalue weighted by atomic mass is 9.76. The second kappa shape index (κ2) is 8.76. The third kappa shape index (κ3) is 4.45. The Morgan fingerprint density at radius 3 is 2.74 bits per heavy atom. The topological polar surface area (TPSA) is 96.9 Å². The number of fused-ring (bicyclic) bond motifs is 2. The maximum absolute atomic E-state index is 13.5. The van der Waals surface area contributed by atoms with Gasteiger partial charge in [0.05, 0.1) is 5.02 Å². The molecule has 1 heterocycles. The average Bonchev–Trinajstić information content (AvgIpc) is 3.28. The van der Waals surface area contributed by atoms with Crippen molar-refractivity contribution >= 4 is 35.0 Å². The van der Waals surface area contributed by atoms with Crippen molar-refractivity contribution in [2.24, 2.45) is 5.92 Å². The van der Waals surface area contributed by atoms with E-state index in [2.05, 4.69) is 10.6 Å². The molecule has 1 aliphatic heterocycles. The number of ether oxygens (including phenoxy) is 2. The summed E-state index contributed by atoms with van der Waals surface area (Å²) >= 11 is 11.6. The largest absolute Gasteiger partial charge is 0.484 e. The van der Waals surface area contributed by atoms with Crippen molar-refractivity contribution in [1.29, 1.82) is 0 Å². The van der Waals surface area contributed by atoms with Crippen molar-refractivity contribution in [3.63, 3.8) is 0 Å². The van der Waals surface area contributed by atoms with Gasteiger partial charge in [-0.25, -0.2) is 4.39 Å². The van der Waals surface area contributed by atoms with Crippen LogP contribution in [0.2, 0.25) is 10.0 Å². The van der Waals surface area contributed by atoms with Crippen LogP contribution < -0.4 is 20.1 Å². The number of hydrogen-bond acceptors (Lipinski definition) is 5. The van der Waals surface area contributed by atoms with Gasteiger partial charge in [0, 0.05) is 28.2 Å². The van der Waals surface area contributed by atoms with E-state index in [1.807, 2.05) is 0 Å². The van der Waals surface area contributed by atoms with E-state index in [0.717, 1.165) is 18.9 Å². The van der Waals surface area contributed by atoms with Gasteiger partial charge in [-0.05, 0) is 61.6 Å². The summed E-state index contributed by atoms with van der Waals surface area (Å²) < 4.78 is 24.5. The molecule has 2 unspecified atom stereocenters. The van der Waals surface area contributed by atoms with E-state index in [1.165, 1.54) is 18.2 Å². The number of hydrogen-bond donors (Lipinski definition) is 3. The van der Waals surface area contributed by atoms with E-state index in [-0.39, 0.29) is 41.0 Å². The Bertz CT molecular complexity index is 1200. The number of amides is 2. The number of carbonyl (C=O) groups excluding carboxylic acids is 2. The standard InChI is InChI=1S/C24H21Cl2FN2O5/c25-13-1-4-20-15(5-13)19(30)7-21(34-20)23(32)29-24-8-12(9-24)18(10-24)28-22(31)11-33-14-2-3-16(26)17(27)6-14/h1-7,12,18-19,30H,8-11H2,(H,28,31)(H,29,32). The summed E-state index contributed by atoms with van der Waals surface area (Å²) in [5.74, 6) is -0.507. The van der Waals surface area contributed by atoms with Crippen LogP contribution >= 0.6 is 23.2 Å². The monoisotopic (exact) mass is 506 g/mol. The molecule has 0 saturated heterocycles.